The molecule has 0 spiro atoms. The van der Waals surface area contributed by atoms with Crippen LogP contribution in [0.3, 0.4) is 0 Å². The maximum Gasteiger partial charge on any atom is 0.0467 e. The Morgan fingerprint density at radius 3 is 1.76 bits per heavy atom. The molecule has 0 heterocycles. The van der Waals surface area contributed by atoms with Crippen LogP contribution in [0, 0.1) is 0 Å². The predicted octanol–water partition coefficient (Wildman–Crippen LogP) is 10.2. The van der Waals surface area contributed by atoms with Gasteiger partial charge in [0, 0.05) is 23.0 Å². The smallest absolute Gasteiger partial charge is 0.0467 e. The molecule has 186 valence electrons. The van der Waals surface area contributed by atoms with Gasteiger partial charge in [-0.1, -0.05) is 122 Å². The zero-order chi connectivity index (χ0) is 26.2. The largest absolute Gasteiger partial charge is 0.310 e. The van der Waals surface area contributed by atoms with Gasteiger partial charge in [-0.2, -0.15) is 0 Å². The second-order valence-electron chi connectivity index (χ2n) is 9.51. The number of nitrogens with zero attached hydrogens (tertiary/aromatic N) is 1. The van der Waals surface area contributed by atoms with Crippen LogP contribution in [-0.2, 0) is 6.42 Å². The number of anilines is 3. The molecule has 1 heteroatoms. The minimum atomic E-state index is 0.332. The second kappa shape index (κ2) is 12.1. The van der Waals surface area contributed by atoms with Gasteiger partial charge < -0.3 is 4.90 Å². The fourth-order valence-electron chi connectivity index (χ4n) is 5.05. The minimum absolute atomic E-state index is 0.332. The van der Waals surface area contributed by atoms with E-state index >= 15 is 0 Å². The van der Waals surface area contributed by atoms with Crippen molar-refractivity contribution < 1.29 is 0 Å². The lowest BCUT2D eigenvalue weighted by atomic mass is 9.85. The first-order valence-electron chi connectivity index (χ1n) is 13.2. The van der Waals surface area contributed by atoms with E-state index in [0.29, 0.717) is 5.92 Å². The van der Waals surface area contributed by atoms with Crippen LogP contribution >= 0.6 is 0 Å². The Balaban J connectivity index is 1.41. The maximum absolute atomic E-state index is 3.96. The average Bonchev–Trinajstić information content (AvgIpc) is 2.99. The zero-order valence-corrected chi connectivity index (χ0v) is 21.7. The van der Waals surface area contributed by atoms with E-state index in [1.807, 2.05) is 12.2 Å². The van der Waals surface area contributed by atoms with Gasteiger partial charge in [-0.25, -0.2) is 0 Å². The predicted molar refractivity (Wildman–Crippen MR) is 164 cm³/mol. The monoisotopic (exact) mass is 491 g/mol. The molecule has 38 heavy (non-hydrogen) atoms. The van der Waals surface area contributed by atoms with Crippen LogP contribution in [0.25, 0.3) is 12.2 Å². The van der Waals surface area contributed by atoms with Crippen molar-refractivity contribution in [2.24, 2.45) is 0 Å². The number of hydrogen-bond acceptors (Lipinski definition) is 1. The molecule has 5 aromatic carbocycles. The van der Waals surface area contributed by atoms with Gasteiger partial charge >= 0.3 is 0 Å². The third-order valence-corrected chi connectivity index (χ3v) is 7.05. The highest BCUT2D eigenvalue weighted by atomic mass is 15.1. The first-order chi connectivity index (χ1) is 18.7. The van der Waals surface area contributed by atoms with Crippen LogP contribution in [0.2, 0.25) is 0 Å². The Labute approximate surface area is 227 Å². The van der Waals surface area contributed by atoms with Gasteiger partial charge in [0.1, 0.15) is 0 Å². The normalized spacial score (nSPS) is 11.5. The van der Waals surface area contributed by atoms with Gasteiger partial charge in [-0.15, -0.1) is 0 Å². The minimum Gasteiger partial charge on any atom is -0.310 e. The number of hydrogen-bond donors (Lipinski definition) is 0. The molecule has 0 aliphatic rings. The molecule has 0 amide bonds. The Hall–Kier alpha value is -4.62. The number of aryl methyl sites for hydroxylation is 1. The number of para-hydroxylation sites is 1. The van der Waals surface area contributed by atoms with Crippen molar-refractivity contribution in [3.05, 3.63) is 174 Å². The van der Waals surface area contributed by atoms with Crippen LogP contribution in [0.1, 0.15) is 40.2 Å². The lowest BCUT2D eigenvalue weighted by molar-refractivity contribution is 0.715. The van der Waals surface area contributed by atoms with Crippen molar-refractivity contribution in [1.82, 2.24) is 0 Å². The summed E-state index contributed by atoms with van der Waals surface area (Å²) in [6, 6.07) is 47.6. The van der Waals surface area contributed by atoms with Crippen molar-refractivity contribution in [2.45, 2.75) is 18.8 Å². The van der Waals surface area contributed by atoms with E-state index in [1.54, 1.807) is 0 Å². The topological polar surface area (TPSA) is 3.24 Å². The molecule has 0 fully saturated rings. The molecule has 1 atom stereocenters. The van der Waals surface area contributed by atoms with Gasteiger partial charge in [0.05, 0.1) is 0 Å². The summed E-state index contributed by atoms with van der Waals surface area (Å²) >= 11 is 0. The molecular formula is C37H33N. The number of benzene rings is 5. The third-order valence-electron chi connectivity index (χ3n) is 7.05. The van der Waals surface area contributed by atoms with E-state index < -0.39 is 0 Å². The summed E-state index contributed by atoms with van der Waals surface area (Å²) in [5, 5.41) is 0. The summed E-state index contributed by atoms with van der Waals surface area (Å²) in [5.74, 6) is 0.332. The summed E-state index contributed by atoms with van der Waals surface area (Å²) in [6.45, 7) is 7.92. The summed E-state index contributed by atoms with van der Waals surface area (Å²) in [5.41, 5.74) is 9.68. The van der Waals surface area contributed by atoms with E-state index in [4.69, 9.17) is 0 Å². The van der Waals surface area contributed by atoms with Gasteiger partial charge in [0.15, 0.2) is 0 Å². The summed E-state index contributed by atoms with van der Waals surface area (Å²) in [4.78, 5) is 2.30. The molecule has 0 aliphatic heterocycles. The van der Waals surface area contributed by atoms with Crippen LogP contribution < -0.4 is 4.90 Å². The molecule has 5 aromatic rings. The molecule has 0 aromatic heterocycles. The highest BCUT2D eigenvalue weighted by molar-refractivity contribution is 5.77. The lowest BCUT2D eigenvalue weighted by Gasteiger charge is -2.26. The average molecular weight is 492 g/mol. The fraction of sp³-hybridized carbons (Fsp3) is 0.0811. The zero-order valence-electron chi connectivity index (χ0n) is 21.7. The van der Waals surface area contributed by atoms with E-state index in [2.05, 4.69) is 152 Å². The summed E-state index contributed by atoms with van der Waals surface area (Å²) in [7, 11) is 0. The molecule has 1 unspecified atom stereocenters. The van der Waals surface area contributed by atoms with Gasteiger partial charge in [0.2, 0.25) is 0 Å². The molecule has 5 rings (SSSR count). The van der Waals surface area contributed by atoms with Gasteiger partial charge in [0.25, 0.3) is 0 Å². The Kier molecular flexibility index (Phi) is 7.96. The maximum atomic E-state index is 3.96. The summed E-state index contributed by atoms with van der Waals surface area (Å²) in [6.07, 6.45) is 5.85. The van der Waals surface area contributed by atoms with Crippen molar-refractivity contribution >= 4 is 29.2 Å². The number of rotatable bonds is 10. The van der Waals surface area contributed by atoms with Gasteiger partial charge in [-0.3, -0.25) is 0 Å². The Morgan fingerprint density at radius 1 is 0.526 bits per heavy atom. The van der Waals surface area contributed by atoms with Crippen LogP contribution in [0.4, 0.5) is 17.1 Å². The van der Waals surface area contributed by atoms with E-state index in [1.165, 1.54) is 16.7 Å². The molecule has 0 saturated carbocycles. The quantitative estimate of drug-likeness (QED) is 0.188. The molecule has 0 saturated heterocycles. The highest BCUT2D eigenvalue weighted by Gasteiger charge is 2.16. The highest BCUT2D eigenvalue weighted by Crippen LogP contribution is 2.36. The molecule has 1 nitrogen and oxygen atoms in total. The Morgan fingerprint density at radius 2 is 1.08 bits per heavy atom. The molecule has 0 bridgehead atoms. The first-order valence-corrected chi connectivity index (χ1v) is 13.2. The van der Waals surface area contributed by atoms with Crippen molar-refractivity contribution in [1.29, 1.82) is 0 Å². The van der Waals surface area contributed by atoms with Crippen molar-refractivity contribution in [2.75, 3.05) is 4.90 Å². The molecule has 0 radical (unpaired) electrons. The molecule has 0 N–H and O–H groups in total. The third kappa shape index (κ3) is 5.85. The van der Waals surface area contributed by atoms with Crippen LogP contribution in [-0.4, -0.2) is 0 Å². The van der Waals surface area contributed by atoms with Crippen LogP contribution in [0.15, 0.2) is 147 Å². The van der Waals surface area contributed by atoms with Crippen molar-refractivity contribution in [3.63, 3.8) is 0 Å². The SMILES string of the molecule is C=Cc1cccc(C(CCc2ccc(N(c3ccccc3)c3cccc(C=C)c3)cc2)c2ccccc2)c1. The lowest BCUT2D eigenvalue weighted by Crippen LogP contribution is -2.10. The molecule has 0 aliphatic carbocycles. The Bertz CT molecular complexity index is 1480. The van der Waals surface area contributed by atoms with E-state index in [-0.39, 0.29) is 0 Å². The fourth-order valence-corrected chi connectivity index (χ4v) is 5.05. The van der Waals surface area contributed by atoms with Crippen molar-refractivity contribution in [3.8, 4) is 0 Å². The van der Waals surface area contributed by atoms with E-state index in [9.17, 15) is 0 Å². The second-order valence-corrected chi connectivity index (χ2v) is 9.51. The molecular weight excluding hydrogens is 458 g/mol. The summed E-state index contributed by atoms with van der Waals surface area (Å²) < 4.78 is 0. The van der Waals surface area contributed by atoms with Gasteiger partial charge in [-0.05, 0) is 77.1 Å². The van der Waals surface area contributed by atoms with Crippen LogP contribution in [0.5, 0.6) is 0 Å². The first kappa shape index (κ1) is 25.0. The standard InChI is InChI=1S/C37H33N/c1-3-29-13-11-17-33(27-29)37(32-15-7-5-8-16-32)26-23-31-21-24-35(25-22-31)38(34-18-9-6-10-19-34)36-20-12-14-30(4-2)28-36/h3-22,24-25,27-28,37H,1-2,23,26H2. The van der Waals surface area contributed by atoms with E-state index in [0.717, 1.165) is 41.0 Å².